The molecule has 7 aromatic rings. The first-order valence-corrected chi connectivity index (χ1v) is 18.4. The molecule has 59 heavy (non-hydrogen) atoms. The maximum Gasteiger partial charge on any atom is 0.471 e. The Morgan fingerprint density at radius 2 is 1.14 bits per heavy atom. The van der Waals surface area contributed by atoms with E-state index in [0.29, 0.717) is 54.4 Å². The van der Waals surface area contributed by atoms with Gasteiger partial charge in [0.1, 0.15) is 23.0 Å². The van der Waals surface area contributed by atoms with Crippen LogP contribution in [0.25, 0.3) is 11.4 Å². The van der Waals surface area contributed by atoms with Crippen molar-refractivity contribution in [3.05, 3.63) is 190 Å². The number of nitriles is 1. The molecule has 0 saturated heterocycles. The number of carbonyl (C=O) groups excluding carboxylic acids is 2. The molecule has 0 N–H and O–H groups in total. The van der Waals surface area contributed by atoms with Gasteiger partial charge in [0.15, 0.2) is 0 Å². The highest BCUT2D eigenvalue weighted by atomic mass is 19.4. The van der Waals surface area contributed by atoms with E-state index in [-0.39, 0.29) is 23.2 Å². The van der Waals surface area contributed by atoms with Crippen LogP contribution in [-0.4, -0.2) is 31.8 Å². The molecule has 0 aliphatic carbocycles. The van der Waals surface area contributed by atoms with Gasteiger partial charge in [0.25, 0.3) is 11.8 Å². The molecule has 2 amide bonds. The molecule has 3 heterocycles. The minimum Gasteiger partial charge on any atom is -0.457 e. The van der Waals surface area contributed by atoms with Crippen molar-refractivity contribution >= 4 is 11.8 Å². The summed E-state index contributed by atoms with van der Waals surface area (Å²) >= 11 is 0. The lowest BCUT2D eigenvalue weighted by Gasteiger charge is -2.16. The van der Waals surface area contributed by atoms with Crippen LogP contribution in [0.4, 0.5) is 13.2 Å². The van der Waals surface area contributed by atoms with Crippen molar-refractivity contribution in [3.8, 4) is 40.5 Å². The summed E-state index contributed by atoms with van der Waals surface area (Å²) in [6.45, 7) is 1.80. The van der Waals surface area contributed by atoms with Gasteiger partial charge in [-0.05, 0) is 89.0 Å². The Bertz CT molecular complexity index is 2700. The molecule has 0 bridgehead atoms. The predicted octanol–water partition coefficient (Wildman–Crippen LogP) is 10.2. The number of ether oxygens (including phenoxy) is 2. The molecule has 2 aliphatic heterocycles. The zero-order valence-corrected chi connectivity index (χ0v) is 31.1. The van der Waals surface area contributed by atoms with E-state index >= 15 is 0 Å². The third kappa shape index (κ3) is 8.82. The Hall–Kier alpha value is -7.72. The molecule has 10 nitrogen and oxygen atoms in total. The summed E-state index contributed by atoms with van der Waals surface area (Å²) in [6.07, 6.45) is -4.73. The molecule has 9 rings (SSSR count). The third-order valence-electron chi connectivity index (χ3n) is 9.53. The average Bonchev–Trinajstić information content (AvgIpc) is 3.95. The Balaban J connectivity index is 0.000000169. The fourth-order valence-corrected chi connectivity index (χ4v) is 6.75. The summed E-state index contributed by atoms with van der Waals surface area (Å²) in [4.78, 5) is 32.4. The van der Waals surface area contributed by atoms with Crippen molar-refractivity contribution in [2.45, 2.75) is 32.4 Å². The standard InChI is InChI=1S/C24H16F3N3O3.C22H16N2O2/c25-24(26,27)23-28-21(29-33-23)16-9-10-17-14-30(22(31)20(17)12-16)13-15-5-4-8-19(11-15)32-18-6-2-1-3-7-18;23-13-16-9-10-18-15-24(22(25)21(18)12-16)14-17-5-4-8-20(11-17)26-19-6-2-1-3-7-19/h1-12H,13-14H2;1-12H,14-15H2. The SMILES string of the molecule is N#Cc1ccc2c(c1)C(=O)N(Cc1cccc(Oc3ccccc3)c1)C2.O=C1c2cc(-c3noc(C(F)(F)F)n3)ccc2CN1Cc1cccc(Oc2ccccc2)c1. The summed E-state index contributed by atoms with van der Waals surface area (Å²) in [7, 11) is 0. The Morgan fingerprint density at radius 1 is 0.627 bits per heavy atom. The number of benzene rings is 6. The van der Waals surface area contributed by atoms with Gasteiger partial charge < -0.3 is 23.8 Å². The number of alkyl halides is 3. The van der Waals surface area contributed by atoms with Crippen LogP contribution >= 0.6 is 0 Å². The summed E-state index contributed by atoms with van der Waals surface area (Å²) in [6, 6.07) is 46.3. The van der Waals surface area contributed by atoms with E-state index in [1.165, 1.54) is 6.07 Å². The zero-order valence-electron chi connectivity index (χ0n) is 31.1. The first-order chi connectivity index (χ1) is 28.6. The van der Waals surface area contributed by atoms with E-state index in [0.717, 1.165) is 33.8 Å². The van der Waals surface area contributed by atoms with Gasteiger partial charge in [0.05, 0.1) is 11.6 Å². The maximum absolute atomic E-state index is 13.0. The lowest BCUT2D eigenvalue weighted by Crippen LogP contribution is -2.23. The molecule has 2 aliphatic rings. The number of hydrogen-bond acceptors (Lipinski definition) is 8. The molecule has 0 saturated carbocycles. The molecule has 1 aromatic heterocycles. The Labute approximate surface area is 336 Å². The van der Waals surface area contributed by atoms with Crippen molar-refractivity contribution < 1.29 is 36.8 Å². The van der Waals surface area contributed by atoms with Crippen LogP contribution in [0.1, 0.15) is 54.4 Å². The van der Waals surface area contributed by atoms with Crippen LogP contribution in [0.5, 0.6) is 23.0 Å². The molecule has 6 aromatic carbocycles. The van der Waals surface area contributed by atoms with Crippen molar-refractivity contribution in [2.24, 2.45) is 0 Å². The Kier molecular flexibility index (Phi) is 10.6. The molecule has 13 heteroatoms. The molecular weight excluding hydrogens is 760 g/mol. The molecular formula is C46H32F3N5O5. The van der Waals surface area contributed by atoms with Crippen molar-refractivity contribution in [2.75, 3.05) is 0 Å². The summed E-state index contributed by atoms with van der Waals surface area (Å²) in [5.41, 5.74) is 5.45. The normalized spacial score (nSPS) is 13.0. The van der Waals surface area contributed by atoms with E-state index in [9.17, 15) is 22.8 Å². The van der Waals surface area contributed by atoms with Gasteiger partial charge in [0, 0.05) is 42.9 Å². The molecule has 0 atom stereocenters. The van der Waals surface area contributed by atoms with E-state index < -0.39 is 12.1 Å². The van der Waals surface area contributed by atoms with Crippen LogP contribution in [0.3, 0.4) is 0 Å². The van der Waals surface area contributed by atoms with Crippen LogP contribution in [0.2, 0.25) is 0 Å². The van der Waals surface area contributed by atoms with Crippen LogP contribution in [0.15, 0.2) is 150 Å². The fraction of sp³-hybridized carbons (Fsp3) is 0.109. The number of rotatable bonds is 9. The first kappa shape index (κ1) is 38.2. The maximum atomic E-state index is 13.0. The second kappa shape index (κ2) is 16.4. The highest BCUT2D eigenvalue weighted by molar-refractivity contribution is 5.99. The number of fused-ring (bicyclic) bond motifs is 2. The quantitative estimate of drug-likeness (QED) is 0.142. The van der Waals surface area contributed by atoms with E-state index in [2.05, 4.69) is 20.7 Å². The van der Waals surface area contributed by atoms with Crippen molar-refractivity contribution in [1.29, 1.82) is 5.26 Å². The summed E-state index contributed by atoms with van der Waals surface area (Å²) in [5.74, 6) is 0.977. The topological polar surface area (TPSA) is 122 Å². The van der Waals surface area contributed by atoms with Crippen LogP contribution < -0.4 is 9.47 Å². The minimum atomic E-state index is -4.73. The van der Waals surface area contributed by atoms with Gasteiger partial charge in [0.2, 0.25) is 5.82 Å². The smallest absolute Gasteiger partial charge is 0.457 e. The minimum absolute atomic E-state index is 0.0357. The molecule has 292 valence electrons. The van der Waals surface area contributed by atoms with E-state index in [1.807, 2.05) is 115 Å². The number of carbonyl (C=O) groups is 2. The summed E-state index contributed by atoms with van der Waals surface area (Å²) < 4.78 is 54.2. The van der Waals surface area contributed by atoms with Crippen LogP contribution in [-0.2, 0) is 32.4 Å². The fourth-order valence-electron chi connectivity index (χ4n) is 6.75. The summed E-state index contributed by atoms with van der Waals surface area (Å²) in [5, 5.41) is 12.4. The number of nitrogens with zero attached hydrogens (tertiary/aromatic N) is 5. The van der Waals surface area contributed by atoms with Gasteiger partial charge in [-0.1, -0.05) is 84.0 Å². The van der Waals surface area contributed by atoms with Crippen molar-refractivity contribution in [3.63, 3.8) is 0 Å². The molecule has 0 radical (unpaired) electrons. The first-order valence-electron chi connectivity index (χ1n) is 18.4. The largest absolute Gasteiger partial charge is 0.471 e. The third-order valence-corrected chi connectivity index (χ3v) is 9.53. The van der Waals surface area contributed by atoms with Gasteiger partial charge >= 0.3 is 12.1 Å². The number of hydrogen-bond donors (Lipinski definition) is 0. The van der Waals surface area contributed by atoms with Gasteiger partial charge in [-0.2, -0.15) is 23.4 Å². The number of para-hydroxylation sites is 2. The number of amides is 2. The second-order valence-electron chi connectivity index (χ2n) is 13.7. The van der Waals surface area contributed by atoms with E-state index in [4.69, 9.17) is 14.7 Å². The molecule has 0 fully saturated rings. The molecule has 0 unspecified atom stereocenters. The number of halogens is 3. The molecule has 0 spiro atoms. The lowest BCUT2D eigenvalue weighted by molar-refractivity contribution is -0.159. The zero-order chi connectivity index (χ0) is 40.9. The van der Waals surface area contributed by atoms with Gasteiger partial charge in [-0.25, -0.2) is 0 Å². The highest BCUT2D eigenvalue weighted by Crippen LogP contribution is 2.33. The van der Waals surface area contributed by atoms with E-state index in [1.54, 1.807) is 34.1 Å². The Morgan fingerprint density at radius 3 is 1.64 bits per heavy atom. The average molecular weight is 792 g/mol. The lowest BCUT2D eigenvalue weighted by atomic mass is 10.1. The number of aromatic nitrogens is 2. The predicted molar refractivity (Wildman–Crippen MR) is 209 cm³/mol. The second-order valence-corrected chi connectivity index (χ2v) is 13.7. The van der Waals surface area contributed by atoms with Crippen molar-refractivity contribution in [1.82, 2.24) is 19.9 Å². The highest BCUT2D eigenvalue weighted by Gasteiger charge is 2.39. The van der Waals surface area contributed by atoms with Gasteiger partial charge in [-0.3, -0.25) is 9.59 Å². The monoisotopic (exact) mass is 791 g/mol. The van der Waals surface area contributed by atoms with Gasteiger partial charge in [-0.15, -0.1) is 0 Å². The van der Waals surface area contributed by atoms with Crippen LogP contribution in [0, 0.1) is 11.3 Å².